The van der Waals surface area contributed by atoms with Crippen molar-refractivity contribution in [3.05, 3.63) is 0 Å². The maximum atomic E-state index is 3.57. The Morgan fingerprint density at radius 3 is 2.19 bits per heavy atom. The first-order valence-electron chi connectivity index (χ1n) is 7.30. The third-order valence-corrected chi connectivity index (χ3v) is 3.32. The Kier molecular flexibility index (Phi) is 10.1. The van der Waals surface area contributed by atoms with Gasteiger partial charge in [0.05, 0.1) is 0 Å². The first-order chi connectivity index (χ1) is 7.60. The Hall–Kier alpha value is -0.0400. The van der Waals surface area contributed by atoms with Gasteiger partial charge in [-0.05, 0) is 37.3 Å². The van der Waals surface area contributed by atoms with E-state index in [1.54, 1.807) is 0 Å². The average molecular weight is 227 g/mol. The van der Waals surface area contributed by atoms with Gasteiger partial charge in [0.15, 0.2) is 0 Å². The van der Waals surface area contributed by atoms with E-state index >= 15 is 0 Å². The van der Waals surface area contributed by atoms with Crippen molar-refractivity contribution in [3.8, 4) is 0 Å². The van der Waals surface area contributed by atoms with Crippen LogP contribution in [0.1, 0.15) is 66.7 Å². The van der Waals surface area contributed by atoms with Gasteiger partial charge in [-0.15, -0.1) is 0 Å². The fraction of sp³-hybridized carbons (Fsp3) is 1.00. The van der Waals surface area contributed by atoms with Gasteiger partial charge >= 0.3 is 0 Å². The number of unbranched alkanes of at least 4 members (excludes halogenated alkanes) is 1. The molecule has 0 aliphatic rings. The van der Waals surface area contributed by atoms with E-state index in [9.17, 15) is 0 Å². The fourth-order valence-electron chi connectivity index (χ4n) is 2.25. The predicted octanol–water partition coefficient (Wildman–Crippen LogP) is 4.47. The summed E-state index contributed by atoms with van der Waals surface area (Å²) >= 11 is 0. The van der Waals surface area contributed by atoms with Crippen LogP contribution in [0, 0.1) is 17.8 Å². The molecule has 98 valence electrons. The summed E-state index contributed by atoms with van der Waals surface area (Å²) in [4.78, 5) is 0. The van der Waals surface area contributed by atoms with E-state index in [2.05, 4.69) is 39.9 Å². The van der Waals surface area contributed by atoms with Crippen molar-refractivity contribution in [1.82, 2.24) is 5.32 Å². The third-order valence-electron chi connectivity index (χ3n) is 3.32. The Bertz CT molecular complexity index is 142. The van der Waals surface area contributed by atoms with Gasteiger partial charge in [-0.3, -0.25) is 0 Å². The van der Waals surface area contributed by atoms with E-state index in [-0.39, 0.29) is 0 Å². The van der Waals surface area contributed by atoms with Crippen LogP contribution in [-0.4, -0.2) is 13.1 Å². The van der Waals surface area contributed by atoms with Crippen LogP contribution in [0.15, 0.2) is 0 Å². The summed E-state index contributed by atoms with van der Waals surface area (Å²) in [5.41, 5.74) is 0. The largest absolute Gasteiger partial charge is 0.316 e. The Morgan fingerprint density at radius 1 is 1.00 bits per heavy atom. The lowest BCUT2D eigenvalue weighted by atomic mass is 9.89. The molecule has 16 heavy (non-hydrogen) atoms. The Morgan fingerprint density at radius 2 is 1.69 bits per heavy atom. The van der Waals surface area contributed by atoms with Gasteiger partial charge in [0.2, 0.25) is 0 Å². The van der Waals surface area contributed by atoms with Crippen molar-refractivity contribution in [3.63, 3.8) is 0 Å². The Labute approximate surface area is 103 Å². The van der Waals surface area contributed by atoms with Gasteiger partial charge < -0.3 is 5.32 Å². The highest BCUT2D eigenvalue weighted by atomic mass is 14.9. The second-order valence-electron chi connectivity index (χ2n) is 5.81. The number of hydrogen-bond donors (Lipinski definition) is 1. The summed E-state index contributed by atoms with van der Waals surface area (Å²) in [6, 6.07) is 0. The molecule has 0 aliphatic heterocycles. The van der Waals surface area contributed by atoms with E-state index in [1.807, 2.05) is 0 Å². The summed E-state index contributed by atoms with van der Waals surface area (Å²) in [6.45, 7) is 13.9. The third kappa shape index (κ3) is 9.21. The molecule has 0 aromatic heterocycles. The molecular weight excluding hydrogens is 194 g/mol. The normalized spacial score (nSPS) is 15.4. The van der Waals surface area contributed by atoms with Gasteiger partial charge in [-0.1, -0.05) is 60.3 Å². The van der Waals surface area contributed by atoms with E-state index in [0.29, 0.717) is 0 Å². The van der Waals surface area contributed by atoms with Crippen molar-refractivity contribution in [1.29, 1.82) is 0 Å². The second kappa shape index (κ2) is 10.1. The number of hydrogen-bond acceptors (Lipinski definition) is 1. The van der Waals surface area contributed by atoms with Crippen molar-refractivity contribution < 1.29 is 0 Å². The lowest BCUT2D eigenvalue weighted by molar-refractivity contribution is 0.338. The predicted molar refractivity (Wildman–Crippen MR) is 74.8 cm³/mol. The van der Waals surface area contributed by atoms with E-state index in [4.69, 9.17) is 0 Å². The smallest absolute Gasteiger partial charge is 0.00229 e. The molecule has 2 unspecified atom stereocenters. The summed E-state index contributed by atoms with van der Waals surface area (Å²) in [5, 5.41) is 3.57. The van der Waals surface area contributed by atoms with Gasteiger partial charge in [0, 0.05) is 0 Å². The van der Waals surface area contributed by atoms with Crippen LogP contribution in [-0.2, 0) is 0 Å². The molecule has 0 saturated carbocycles. The first kappa shape index (κ1) is 16.0. The highest BCUT2D eigenvalue weighted by Crippen LogP contribution is 2.21. The van der Waals surface area contributed by atoms with E-state index in [1.165, 1.54) is 38.6 Å². The molecule has 0 saturated heterocycles. The number of rotatable bonds is 10. The molecule has 0 radical (unpaired) electrons. The van der Waals surface area contributed by atoms with E-state index < -0.39 is 0 Å². The minimum Gasteiger partial charge on any atom is -0.316 e. The van der Waals surface area contributed by atoms with Crippen LogP contribution in [0.4, 0.5) is 0 Å². The first-order valence-corrected chi connectivity index (χ1v) is 7.30. The second-order valence-corrected chi connectivity index (χ2v) is 5.81. The zero-order chi connectivity index (χ0) is 12.4. The molecule has 1 N–H and O–H groups in total. The quantitative estimate of drug-likeness (QED) is 0.580. The van der Waals surface area contributed by atoms with Gasteiger partial charge in [-0.25, -0.2) is 0 Å². The lowest BCUT2D eigenvalue weighted by Crippen LogP contribution is -2.26. The summed E-state index contributed by atoms with van der Waals surface area (Å²) in [7, 11) is 0. The van der Waals surface area contributed by atoms with Crippen LogP contribution in [0.25, 0.3) is 0 Å². The summed E-state index contributed by atoms with van der Waals surface area (Å²) < 4.78 is 0. The summed E-state index contributed by atoms with van der Waals surface area (Å²) in [6.07, 6.45) is 6.94. The highest BCUT2D eigenvalue weighted by Gasteiger charge is 2.11. The molecule has 1 heteroatoms. The molecular formula is C15H33N. The zero-order valence-electron chi connectivity index (χ0n) is 12.2. The molecule has 0 spiro atoms. The minimum absolute atomic E-state index is 0.772. The van der Waals surface area contributed by atoms with Crippen molar-refractivity contribution in [2.24, 2.45) is 17.8 Å². The van der Waals surface area contributed by atoms with Gasteiger partial charge in [0.1, 0.15) is 0 Å². The Balaban J connectivity index is 3.60. The monoisotopic (exact) mass is 227 g/mol. The molecule has 0 aromatic carbocycles. The van der Waals surface area contributed by atoms with Crippen molar-refractivity contribution in [2.75, 3.05) is 13.1 Å². The highest BCUT2D eigenvalue weighted by molar-refractivity contribution is 4.65. The molecule has 0 rings (SSSR count). The minimum atomic E-state index is 0.772. The van der Waals surface area contributed by atoms with Crippen LogP contribution in [0.3, 0.4) is 0 Å². The molecule has 1 nitrogen and oxygen atoms in total. The summed E-state index contributed by atoms with van der Waals surface area (Å²) in [5.74, 6) is 2.56. The number of nitrogens with one attached hydrogen (secondary N) is 1. The van der Waals surface area contributed by atoms with Crippen LogP contribution in [0.5, 0.6) is 0 Å². The van der Waals surface area contributed by atoms with Crippen LogP contribution in [0.2, 0.25) is 0 Å². The zero-order valence-corrected chi connectivity index (χ0v) is 12.2. The molecule has 0 bridgehead atoms. The van der Waals surface area contributed by atoms with Crippen LogP contribution < -0.4 is 5.32 Å². The van der Waals surface area contributed by atoms with Gasteiger partial charge in [-0.2, -0.15) is 0 Å². The molecule has 0 amide bonds. The fourth-order valence-corrected chi connectivity index (χ4v) is 2.25. The maximum absolute atomic E-state index is 3.57. The molecule has 0 heterocycles. The molecule has 0 fully saturated rings. The van der Waals surface area contributed by atoms with E-state index in [0.717, 1.165) is 24.3 Å². The maximum Gasteiger partial charge on any atom is -0.00229 e. The molecule has 0 aliphatic carbocycles. The standard InChI is InChI=1S/C15H33N/c1-6-8-9-15(7-2)10-14(5)12-16-11-13(3)4/h13-16H,6-12H2,1-5H3. The molecule has 0 aromatic rings. The average Bonchev–Trinajstić information content (AvgIpc) is 2.23. The van der Waals surface area contributed by atoms with Crippen molar-refractivity contribution >= 4 is 0 Å². The molecule has 2 atom stereocenters. The topological polar surface area (TPSA) is 12.0 Å². The van der Waals surface area contributed by atoms with Crippen molar-refractivity contribution in [2.45, 2.75) is 66.7 Å². The lowest BCUT2D eigenvalue weighted by Gasteiger charge is -2.20. The SMILES string of the molecule is CCCCC(CC)CC(C)CNCC(C)C. The van der Waals surface area contributed by atoms with Crippen LogP contribution >= 0.6 is 0 Å². The van der Waals surface area contributed by atoms with Gasteiger partial charge in [0.25, 0.3) is 0 Å².